The highest BCUT2D eigenvalue weighted by Crippen LogP contribution is 2.44. The molecule has 6 rings (SSSR count). The second kappa shape index (κ2) is 6.66. The van der Waals surface area contributed by atoms with Crippen LogP contribution in [0.2, 0.25) is 5.02 Å². The van der Waals surface area contributed by atoms with E-state index in [2.05, 4.69) is 26.3 Å². The van der Waals surface area contributed by atoms with Gasteiger partial charge < -0.3 is 10.6 Å². The average molecular weight is 444 g/mol. The standard InChI is InChI=1S/C23H18ClN7O/c1-30-22-16(10-27-30)11-5-12-14(23(32)29-28-18(12)9-26)6-13(11)20-17(24)7-19(31-3-2-4-31)15(8-25)21(20)22/h5-7,10H,2-4,9,26H2,1H3,(H,29,32). The smallest absolute Gasteiger partial charge is 0.272 e. The molecule has 0 bridgehead atoms. The monoisotopic (exact) mass is 443 g/mol. The number of aromatic amines is 1. The number of nitriles is 1. The number of aromatic nitrogens is 4. The zero-order valence-electron chi connectivity index (χ0n) is 17.2. The van der Waals surface area contributed by atoms with Gasteiger partial charge >= 0.3 is 0 Å². The molecule has 5 aromatic rings. The SMILES string of the molecule is Cn1ncc2c3cc4c(CN)n[nH]c(=O)c4cc3c3c(Cl)cc(N4CCC4)c(C#N)c3c21. The van der Waals surface area contributed by atoms with Gasteiger partial charge in [-0.25, -0.2) is 5.10 Å². The first-order valence-electron chi connectivity index (χ1n) is 10.3. The lowest BCUT2D eigenvalue weighted by Gasteiger charge is -2.34. The molecular weight excluding hydrogens is 426 g/mol. The lowest BCUT2D eigenvalue weighted by molar-refractivity contribution is 0.617. The highest BCUT2D eigenvalue weighted by molar-refractivity contribution is 6.42. The topological polar surface area (TPSA) is 117 Å². The lowest BCUT2D eigenvalue weighted by atomic mass is 9.92. The number of benzene rings is 3. The minimum atomic E-state index is -0.299. The van der Waals surface area contributed by atoms with Crippen LogP contribution in [0.25, 0.3) is 43.2 Å². The van der Waals surface area contributed by atoms with Crippen molar-refractivity contribution < 1.29 is 0 Å². The normalized spacial score (nSPS) is 13.9. The number of hydrogen-bond donors (Lipinski definition) is 2. The van der Waals surface area contributed by atoms with Gasteiger partial charge in [0.2, 0.25) is 0 Å². The molecular formula is C23H18ClN7O. The molecule has 1 aliphatic heterocycles. The Kier molecular flexibility index (Phi) is 3.97. The van der Waals surface area contributed by atoms with Crippen LogP contribution in [0.3, 0.4) is 0 Å². The highest BCUT2D eigenvalue weighted by atomic mass is 35.5. The van der Waals surface area contributed by atoms with Crippen molar-refractivity contribution in [3.05, 3.63) is 51.0 Å². The van der Waals surface area contributed by atoms with E-state index in [9.17, 15) is 10.1 Å². The third-order valence-corrected chi connectivity index (χ3v) is 6.80. The Labute approximate surface area is 186 Å². The van der Waals surface area contributed by atoms with Gasteiger partial charge in [0.1, 0.15) is 6.07 Å². The molecule has 0 spiro atoms. The second-order valence-corrected chi connectivity index (χ2v) is 8.54. The molecule has 3 heterocycles. The predicted molar refractivity (Wildman–Crippen MR) is 126 cm³/mol. The zero-order chi connectivity index (χ0) is 22.1. The fourth-order valence-electron chi connectivity index (χ4n) is 4.84. The van der Waals surface area contributed by atoms with E-state index in [0.29, 0.717) is 27.1 Å². The molecule has 1 fully saturated rings. The molecule has 0 saturated carbocycles. The van der Waals surface area contributed by atoms with Crippen molar-refractivity contribution in [3.63, 3.8) is 0 Å². The Hall–Kier alpha value is -3.67. The first-order valence-corrected chi connectivity index (χ1v) is 10.7. The van der Waals surface area contributed by atoms with E-state index in [1.54, 1.807) is 10.9 Å². The highest BCUT2D eigenvalue weighted by Gasteiger charge is 2.25. The van der Waals surface area contributed by atoms with Crippen molar-refractivity contribution in [1.82, 2.24) is 20.0 Å². The second-order valence-electron chi connectivity index (χ2n) is 8.13. The summed E-state index contributed by atoms with van der Waals surface area (Å²) in [5.41, 5.74) is 8.44. The number of fused-ring (bicyclic) bond motifs is 7. The number of nitrogens with two attached hydrogens (primary N) is 1. The molecule has 0 amide bonds. The number of anilines is 1. The largest absolute Gasteiger partial charge is 0.370 e. The first-order chi connectivity index (χ1) is 15.5. The van der Waals surface area contributed by atoms with Crippen LogP contribution in [0, 0.1) is 11.3 Å². The van der Waals surface area contributed by atoms with Crippen molar-refractivity contribution in [2.75, 3.05) is 18.0 Å². The van der Waals surface area contributed by atoms with Gasteiger partial charge in [-0.15, -0.1) is 0 Å². The Balaban J connectivity index is 1.92. The van der Waals surface area contributed by atoms with E-state index in [-0.39, 0.29) is 12.1 Å². The third-order valence-electron chi connectivity index (χ3n) is 6.50. The van der Waals surface area contributed by atoms with Gasteiger partial charge in [0.15, 0.2) is 0 Å². The fraction of sp³-hybridized carbons (Fsp3) is 0.217. The molecule has 9 heteroatoms. The van der Waals surface area contributed by atoms with Crippen LogP contribution < -0.4 is 16.2 Å². The van der Waals surface area contributed by atoms with Crippen molar-refractivity contribution in [2.24, 2.45) is 12.8 Å². The van der Waals surface area contributed by atoms with E-state index < -0.39 is 0 Å². The average Bonchev–Trinajstić information content (AvgIpc) is 3.14. The summed E-state index contributed by atoms with van der Waals surface area (Å²) in [5.74, 6) is 0. The Morgan fingerprint density at radius 1 is 1.16 bits per heavy atom. The summed E-state index contributed by atoms with van der Waals surface area (Å²) < 4.78 is 1.78. The summed E-state index contributed by atoms with van der Waals surface area (Å²) in [4.78, 5) is 14.8. The predicted octanol–water partition coefficient (Wildman–Crippen LogP) is 3.31. The van der Waals surface area contributed by atoms with Crippen LogP contribution >= 0.6 is 11.6 Å². The quantitative estimate of drug-likeness (QED) is 0.319. The number of halogens is 1. The zero-order valence-corrected chi connectivity index (χ0v) is 18.0. The van der Waals surface area contributed by atoms with Gasteiger partial charge in [0, 0.05) is 48.2 Å². The summed E-state index contributed by atoms with van der Waals surface area (Å²) in [6, 6.07) is 8.05. The summed E-state index contributed by atoms with van der Waals surface area (Å²) in [5, 5.41) is 27.1. The fourth-order valence-corrected chi connectivity index (χ4v) is 5.14. The Morgan fingerprint density at radius 2 is 1.94 bits per heavy atom. The first kappa shape index (κ1) is 19.0. The number of aryl methyl sites for hydroxylation is 1. The maximum atomic E-state index is 12.6. The Morgan fingerprint density at radius 3 is 2.62 bits per heavy atom. The minimum Gasteiger partial charge on any atom is -0.370 e. The van der Waals surface area contributed by atoms with Crippen molar-refractivity contribution >= 4 is 60.5 Å². The molecule has 0 radical (unpaired) electrons. The summed E-state index contributed by atoms with van der Waals surface area (Å²) in [6.45, 7) is 1.99. The third kappa shape index (κ3) is 2.38. The molecule has 158 valence electrons. The summed E-state index contributed by atoms with van der Waals surface area (Å²) in [6.07, 6.45) is 2.88. The van der Waals surface area contributed by atoms with Crippen molar-refractivity contribution in [1.29, 1.82) is 5.26 Å². The number of rotatable bonds is 2. The number of nitrogens with zero attached hydrogens (tertiary/aromatic N) is 5. The van der Waals surface area contributed by atoms with Crippen molar-refractivity contribution in [3.8, 4) is 6.07 Å². The number of nitrogens with one attached hydrogen (secondary N) is 1. The molecule has 32 heavy (non-hydrogen) atoms. The van der Waals surface area contributed by atoms with Crippen LogP contribution in [0.1, 0.15) is 17.7 Å². The Bertz CT molecular complexity index is 1710. The van der Waals surface area contributed by atoms with Crippen LogP contribution in [0.15, 0.2) is 29.2 Å². The summed E-state index contributed by atoms with van der Waals surface area (Å²) in [7, 11) is 1.86. The van der Waals surface area contributed by atoms with Crippen molar-refractivity contribution in [2.45, 2.75) is 13.0 Å². The number of hydrogen-bond acceptors (Lipinski definition) is 6. The van der Waals surface area contributed by atoms with Gasteiger partial charge in [0.25, 0.3) is 5.56 Å². The molecule has 0 unspecified atom stereocenters. The molecule has 1 aliphatic rings. The minimum absolute atomic E-state index is 0.196. The maximum absolute atomic E-state index is 12.6. The molecule has 2 aromatic heterocycles. The van der Waals surface area contributed by atoms with Gasteiger partial charge in [-0.1, -0.05) is 11.6 Å². The molecule has 0 aliphatic carbocycles. The van der Waals surface area contributed by atoms with E-state index >= 15 is 0 Å². The van der Waals surface area contributed by atoms with E-state index in [0.717, 1.165) is 57.6 Å². The van der Waals surface area contributed by atoms with Gasteiger partial charge in [-0.2, -0.15) is 15.5 Å². The molecule has 3 aromatic carbocycles. The van der Waals surface area contributed by atoms with Gasteiger partial charge in [-0.05, 0) is 35.4 Å². The van der Waals surface area contributed by atoms with Crippen LogP contribution in [0.4, 0.5) is 5.69 Å². The van der Waals surface area contributed by atoms with Gasteiger partial charge in [0.05, 0.1) is 39.1 Å². The number of H-pyrrole nitrogens is 1. The molecule has 1 saturated heterocycles. The maximum Gasteiger partial charge on any atom is 0.272 e. The molecule has 8 nitrogen and oxygen atoms in total. The van der Waals surface area contributed by atoms with Gasteiger partial charge in [-0.3, -0.25) is 9.48 Å². The summed E-state index contributed by atoms with van der Waals surface area (Å²) >= 11 is 6.88. The van der Waals surface area contributed by atoms with Crippen LogP contribution in [-0.4, -0.2) is 33.1 Å². The van der Waals surface area contributed by atoms with Crippen LogP contribution in [0.5, 0.6) is 0 Å². The molecule has 3 N–H and O–H groups in total. The lowest BCUT2D eigenvalue weighted by Crippen LogP contribution is -2.37. The van der Waals surface area contributed by atoms with Crippen LogP contribution in [-0.2, 0) is 13.6 Å². The van der Waals surface area contributed by atoms with E-state index in [4.69, 9.17) is 17.3 Å². The molecule has 0 atom stereocenters. The van der Waals surface area contributed by atoms with E-state index in [1.165, 1.54) is 0 Å². The van der Waals surface area contributed by atoms with E-state index in [1.807, 2.05) is 25.2 Å².